The summed E-state index contributed by atoms with van der Waals surface area (Å²) in [5, 5.41) is 15.0. The molecule has 2 aromatic carbocycles. The van der Waals surface area contributed by atoms with Gasteiger partial charge in [-0.15, -0.1) is 0 Å². The molecule has 3 nitrogen and oxygen atoms in total. The Kier molecular flexibility index (Phi) is 4.54. The van der Waals surface area contributed by atoms with Gasteiger partial charge in [0.15, 0.2) is 5.60 Å². The number of benzene rings is 2. The fraction of sp³-hybridized carbons (Fsp3) is 0.500. The van der Waals surface area contributed by atoms with Gasteiger partial charge < -0.3 is 10.4 Å². The molecule has 4 bridgehead atoms. The Hall–Kier alpha value is -2.13. The molecule has 4 saturated carbocycles. The first-order valence-corrected chi connectivity index (χ1v) is 11.1. The topological polar surface area (TPSA) is 49.3 Å². The van der Waals surface area contributed by atoms with Crippen molar-refractivity contribution in [1.29, 1.82) is 0 Å². The summed E-state index contributed by atoms with van der Waals surface area (Å²) in [5.74, 6) is 2.20. The Morgan fingerprint density at radius 3 is 1.72 bits per heavy atom. The molecule has 152 valence electrons. The van der Waals surface area contributed by atoms with Crippen molar-refractivity contribution in [3.8, 4) is 0 Å². The van der Waals surface area contributed by atoms with E-state index >= 15 is 0 Å². The third-order valence-corrected chi connectivity index (χ3v) is 8.06. The van der Waals surface area contributed by atoms with Gasteiger partial charge in [-0.2, -0.15) is 0 Å². The van der Waals surface area contributed by atoms with Crippen LogP contribution >= 0.6 is 0 Å². The average Bonchev–Trinajstić information content (AvgIpc) is 2.73. The lowest BCUT2D eigenvalue weighted by atomic mass is 9.48. The minimum Gasteiger partial charge on any atom is -0.372 e. The molecule has 2 aromatic rings. The third kappa shape index (κ3) is 3.11. The molecule has 4 aliphatic rings. The number of rotatable bonds is 5. The molecule has 0 radical (unpaired) electrons. The van der Waals surface area contributed by atoms with Gasteiger partial charge >= 0.3 is 0 Å². The van der Waals surface area contributed by atoms with E-state index in [0.717, 1.165) is 17.8 Å². The first kappa shape index (κ1) is 18.9. The number of aliphatic hydroxyl groups is 1. The van der Waals surface area contributed by atoms with E-state index in [4.69, 9.17) is 0 Å². The third-order valence-electron chi connectivity index (χ3n) is 8.06. The van der Waals surface area contributed by atoms with E-state index in [2.05, 4.69) is 12.2 Å². The average molecular weight is 390 g/mol. The lowest BCUT2D eigenvalue weighted by Crippen LogP contribution is -2.58. The van der Waals surface area contributed by atoms with Crippen molar-refractivity contribution in [2.75, 3.05) is 0 Å². The van der Waals surface area contributed by atoms with Gasteiger partial charge in [0.2, 0.25) is 0 Å². The molecule has 0 aliphatic heterocycles. The van der Waals surface area contributed by atoms with E-state index in [9.17, 15) is 9.90 Å². The molecule has 0 unspecified atom stereocenters. The van der Waals surface area contributed by atoms with Gasteiger partial charge in [0.05, 0.1) is 0 Å². The summed E-state index contributed by atoms with van der Waals surface area (Å²) in [4.78, 5) is 13.6. The van der Waals surface area contributed by atoms with Crippen molar-refractivity contribution in [3.05, 3.63) is 71.8 Å². The number of hydrogen-bond donors (Lipinski definition) is 2. The zero-order valence-electron chi connectivity index (χ0n) is 17.2. The number of carbonyl (C=O) groups excluding carboxylic acids is 1. The molecule has 0 spiro atoms. The van der Waals surface area contributed by atoms with Gasteiger partial charge in [-0.05, 0) is 79.7 Å². The molecular weight excluding hydrogens is 358 g/mol. The Bertz CT molecular complexity index is 801. The van der Waals surface area contributed by atoms with Crippen LogP contribution in [0.1, 0.15) is 56.6 Å². The molecule has 0 aromatic heterocycles. The van der Waals surface area contributed by atoms with Gasteiger partial charge in [0.25, 0.3) is 5.91 Å². The molecule has 1 amide bonds. The zero-order chi connectivity index (χ0) is 20.1. The maximum absolute atomic E-state index is 13.6. The number of hydrogen-bond acceptors (Lipinski definition) is 2. The normalized spacial score (nSPS) is 31.4. The molecule has 29 heavy (non-hydrogen) atoms. The van der Waals surface area contributed by atoms with Crippen molar-refractivity contribution in [1.82, 2.24) is 5.32 Å². The van der Waals surface area contributed by atoms with Crippen molar-refractivity contribution in [3.63, 3.8) is 0 Å². The van der Waals surface area contributed by atoms with E-state index < -0.39 is 5.60 Å². The summed E-state index contributed by atoms with van der Waals surface area (Å²) >= 11 is 0. The highest BCUT2D eigenvalue weighted by Crippen LogP contribution is 2.61. The lowest BCUT2D eigenvalue weighted by Gasteiger charge is -2.59. The number of carbonyl (C=O) groups is 1. The summed E-state index contributed by atoms with van der Waals surface area (Å²) < 4.78 is 0. The van der Waals surface area contributed by atoms with Gasteiger partial charge in [0, 0.05) is 6.04 Å². The Morgan fingerprint density at radius 1 is 0.897 bits per heavy atom. The van der Waals surface area contributed by atoms with Gasteiger partial charge in [-0.3, -0.25) is 4.79 Å². The fourth-order valence-corrected chi connectivity index (χ4v) is 6.95. The SMILES string of the molecule is C[C@@H](NC(=O)C(O)(c1ccccc1)c1ccccc1)C12CC3CC(CC(C3)C1)C2. The predicted octanol–water partition coefficient (Wildman–Crippen LogP) is 4.64. The maximum atomic E-state index is 13.6. The molecular formula is C26H31NO2. The Morgan fingerprint density at radius 2 is 1.31 bits per heavy atom. The zero-order valence-corrected chi connectivity index (χ0v) is 17.2. The number of nitrogens with one attached hydrogen (secondary N) is 1. The second-order valence-corrected chi connectivity index (χ2v) is 9.92. The molecule has 2 N–H and O–H groups in total. The van der Waals surface area contributed by atoms with Crippen molar-refractivity contribution in [2.45, 2.75) is 57.1 Å². The summed E-state index contributed by atoms with van der Waals surface area (Å²) in [5.41, 5.74) is -0.250. The van der Waals surface area contributed by atoms with Crippen LogP contribution in [0.25, 0.3) is 0 Å². The summed E-state index contributed by atoms with van der Waals surface area (Å²) in [6, 6.07) is 18.7. The quantitative estimate of drug-likeness (QED) is 0.782. The minimum atomic E-state index is -1.68. The van der Waals surface area contributed by atoms with E-state index in [1.54, 1.807) is 0 Å². The smallest absolute Gasteiger partial charge is 0.261 e. The second-order valence-electron chi connectivity index (χ2n) is 9.92. The van der Waals surface area contributed by atoms with E-state index in [1.165, 1.54) is 38.5 Å². The van der Waals surface area contributed by atoms with Crippen LogP contribution in [-0.2, 0) is 10.4 Å². The minimum absolute atomic E-state index is 0.0716. The van der Waals surface area contributed by atoms with Crippen LogP contribution in [0.3, 0.4) is 0 Å². The number of amides is 1. The molecule has 4 aliphatic carbocycles. The Balaban J connectivity index is 1.44. The highest BCUT2D eigenvalue weighted by Gasteiger charge is 2.54. The fourth-order valence-electron chi connectivity index (χ4n) is 6.95. The van der Waals surface area contributed by atoms with Crippen LogP contribution in [0, 0.1) is 23.2 Å². The van der Waals surface area contributed by atoms with Crippen LogP contribution in [-0.4, -0.2) is 17.1 Å². The van der Waals surface area contributed by atoms with Crippen LogP contribution in [0.5, 0.6) is 0 Å². The van der Waals surface area contributed by atoms with Gasteiger partial charge in [0.1, 0.15) is 0 Å². The van der Waals surface area contributed by atoms with Crippen LogP contribution < -0.4 is 5.32 Å². The lowest BCUT2D eigenvalue weighted by molar-refractivity contribution is -0.141. The highest BCUT2D eigenvalue weighted by molar-refractivity contribution is 5.90. The van der Waals surface area contributed by atoms with Gasteiger partial charge in [-0.25, -0.2) is 0 Å². The van der Waals surface area contributed by atoms with Crippen molar-refractivity contribution in [2.24, 2.45) is 23.2 Å². The summed E-state index contributed by atoms with van der Waals surface area (Å²) in [7, 11) is 0. The molecule has 6 rings (SSSR count). The molecule has 1 atom stereocenters. The largest absolute Gasteiger partial charge is 0.372 e. The van der Waals surface area contributed by atoms with Crippen LogP contribution in [0.2, 0.25) is 0 Å². The molecule has 3 heteroatoms. The molecule has 4 fully saturated rings. The standard InChI is InChI=1S/C26H31NO2/c1-18(25-15-19-12-20(16-25)14-21(13-19)17-25)27-24(28)26(29,22-8-4-2-5-9-22)23-10-6-3-7-11-23/h2-11,18-21,29H,12-17H2,1H3,(H,27,28)/t18-,19?,20?,21?,25?/m1/s1. The van der Waals surface area contributed by atoms with Gasteiger partial charge in [-0.1, -0.05) is 60.7 Å². The first-order chi connectivity index (χ1) is 14.0. The monoisotopic (exact) mass is 389 g/mol. The Labute approximate surface area is 173 Å². The van der Waals surface area contributed by atoms with Crippen molar-refractivity contribution < 1.29 is 9.90 Å². The maximum Gasteiger partial charge on any atom is 0.261 e. The van der Waals surface area contributed by atoms with Crippen LogP contribution in [0.4, 0.5) is 0 Å². The predicted molar refractivity (Wildman–Crippen MR) is 114 cm³/mol. The van der Waals surface area contributed by atoms with Crippen LogP contribution in [0.15, 0.2) is 60.7 Å². The molecule has 0 saturated heterocycles. The summed E-state index contributed by atoms with van der Waals surface area (Å²) in [6.45, 7) is 2.17. The summed E-state index contributed by atoms with van der Waals surface area (Å²) in [6.07, 6.45) is 7.86. The highest BCUT2D eigenvalue weighted by atomic mass is 16.3. The molecule has 0 heterocycles. The second kappa shape index (κ2) is 6.98. The first-order valence-electron chi connectivity index (χ1n) is 11.1. The van der Waals surface area contributed by atoms with E-state index in [1.807, 2.05) is 60.7 Å². The van der Waals surface area contributed by atoms with Crippen molar-refractivity contribution >= 4 is 5.91 Å². The van der Waals surface area contributed by atoms with E-state index in [-0.39, 0.29) is 17.4 Å². The van der Waals surface area contributed by atoms with E-state index in [0.29, 0.717) is 11.1 Å².